The van der Waals surface area contributed by atoms with Crippen LogP contribution < -0.4 is 21.7 Å². The van der Waals surface area contributed by atoms with Gasteiger partial charge >= 0.3 is 6.03 Å². The number of primary amides is 1. The first-order valence-electron chi connectivity index (χ1n) is 11.4. The summed E-state index contributed by atoms with van der Waals surface area (Å²) in [5.74, 6) is 0.418. The zero-order valence-corrected chi connectivity index (χ0v) is 19.7. The van der Waals surface area contributed by atoms with E-state index in [2.05, 4.69) is 25.9 Å². The Morgan fingerprint density at radius 1 is 0.886 bits per heavy atom. The predicted octanol–water partition coefficient (Wildman–Crippen LogP) is 4.54. The number of anilines is 2. The molecule has 0 aliphatic heterocycles. The lowest BCUT2D eigenvalue weighted by Crippen LogP contribution is -2.40. The second-order valence-corrected chi connectivity index (χ2v) is 8.49. The first-order valence-corrected chi connectivity index (χ1v) is 11.4. The molecule has 0 radical (unpaired) electrons. The number of benzene rings is 3. The Morgan fingerprint density at radius 2 is 1.57 bits per heavy atom. The molecule has 3 aromatic carbocycles. The molecule has 1 atom stereocenters. The number of hydrogen-bond donors (Lipinski definition) is 4. The standard InChI is InChI=1S/C27H28N6O2/c1-17(2)24(25(28)34)33-26-20-13-7-9-15-22(20)30-23(32-26)16-29-27(35)31-21-14-8-6-12-19(21)18-10-4-3-5-11-18/h3-15,17,24H,16H2,1-2H3,(H2,28,34)(H2,29,31,35)(H,30,32,33)/t24-/m0/s1. The number of fused-ring (bicyclic) bond motifs is 1. The van der Waals surface area contributed by atoms with Crippen LogP contribution in [0.3, 0.4) is 0 Å². The first kappa shape index (κ1) is 23.7. The second-order valence-electron chi connectivity index (χ2n) is 8.49. The third-order valence-electron chi connectivity index (χ3n) is 5.58. The lowest BCUT2D eigenvalue weighted by atomic mass is 10.0. The van der Waals surface area contributed by atoms with E-state index in [0.29, 0.717) is 22.8 Å². The van der Waals surface area contributed by atoms with Crippen LogP contribution in [-0.2, 0) is 11.3 Å². The van der Waals surface area contributed by atoms with Gasteiger partial charge in [0, 0.05) is 10.9 Å². The lowest BCUT2D eigenvalue weighted by Gasteiger charge is -2.21. The minimum atomic E-state index is -0.591. The van der Waals surface area contributed by atoms with Crippen LogP contribution in [0.25, 0.3) is 22.0 Å². The van der Waals surface area contributed by atoms with Crippen molar-refractivity contribution >= 4 is 34.3 Å². The zero-order valence-electron chi connectivity index (χ0n) is 19.7. The Bertz CT molecular complexity index is 1340. The molecule has 0 fully saturated rings. The summed E-state index contributed by atoms with van der Waals surface area (Å²) in [6, 6.07) is 24.0. The highest BCUT2D eigenvalue weighted by Crippen LogP contribution is 2.27. The molecule has 8 nitrogen and oxygen atoms in total. The van der Waals surface area contributed by atoms with Gasteiger partial charge in [-0.3, -0.25) is 4.79 Å². The molecule has 0 spiro atoms. The van der Waals surface area contributed by atoms with Crippen LogP contribution in [-0.4, -0.2) is 27.9 Å². The van der Waals surface area contributed by atoms with Gasteiger partial charge in [0.15, 0.2) is 5.82 Å². The Labute approximate surface area is 204 Å². The Kier molecular flexibility index (Phi) is 7.21. The fraction of sp³-hybridized carbons (Fsp3) is 0.185. The van der Waals surface area contributed by atoms with Gasteiger partial charge in [0.2, 0.25) is 5.91 Å². The molecule has 1 aromatic heterocycles. The van der Waals surface area contributed by atoms with E-state index in [1.807, 2.05) is 92.7 Å². The van der Waals surface area contributed by atoms with E-state index >= 15 is 0 Å². The summed E-state index contributed by atoms with van der Waals surface area (Å²) < 4.78 is 0. The highest BCUT2D eigenvalue weighted by Gasteiger charge is 2.21. The van der Waals surface area contributed by atoms with Crippen LogP contribution in [0.4, 0.5) is 16.3 Å². The van der Waals surface area contributed by atoms with Crippen molar-refractivity contribution in [2.45, 2.75) is 26.4 Å². The molecule has 0 unspecified atom stereocenters. The lowest BCUT2D eigenvalue weighted by molar-refractivity contribution is -0.119. The van der Waals surface area contributed by atoms with Gasteiger partial charge < -0.3 is 21.7 Å². The molecular formula is C27H28N6O2. The third-order valence-corrected chi connectivity index (χ3v) is 5.58. The molecular weight excluding hydrogens is 440 g/mol. The fourth-order valence-corrected chi connectivity index (χ4v) is 3.81. The number of carbonyl (C=O) groups is 2. The van der Waals surface area contributed by atoms with Crippen molar-refractivity contribution in [1.29, 1.82) is 0 Å². The predicted molar refractivity (Wildman–Crippen MR) is 139 cm³/mol. The van der Waals surface area contributed by atoms with Crippen LogP contribution in [0, 0.1) is 5.92 Å². The molecule has 0 bridgehead atoms. The average Bonchev–Trinajstić information content (AvgIpc) is 2.86. The van der Waals surface area contributed by atoms with Crippen LogP contribution in [0.5, 0.6) is 0 Å². The normalized spacial score (nSPS) is 11.7. The van der Waals surface area contributed by atoms with Crippen molar-refractivity contribution in [2.24, 2.45) is 11.7 Å². The smallest absolute Gasteiger partial charge is 0.319 e. The minimum Gasteiger partial charge on any atom is -0.368 e. The number of aromatic nitrogens is 2. The van der Waals surface area contributed by atoms with Crippen molar-refractivity contribution in [3.63, 3.8) is 0 Å². The van der Waals surface area contributed by atoms with Crippen molar-refractivity contribution in [2.75, 3.05) is 10.6 Å². The van der Waals surface area contributed by atoms with E-state index in [-0.39, 0.29) is 18.5 Å². The number of carbonyl (C=O) groups excluding carboxylic acids is 2. The summed E-state index contributed by atoms with van der Waals surface area (Å²) >= 11 is 0. The van der Waals surface area contributed by atoms with Gasteiger partial charge in [0.1, 0.15) is 11.9 Å². The van der Waals surface area contributed by atoms with Crippen LogP contribution in [0.2, 0.25) is 0 Å². The molecule has 178 valence electrons. The Morgan fingerprint density at radius 3 is 2.31 bits per heavy atom. The summed E-state index contributed by atoms with van der Waals surface area (Å²) in [7, 11) is 0. The molecule has 0 saturated heterocycles. The van der Waals surface area contributed by atoms with Crippen LogP contribution in [0.1, 0.15) is 19.7 Å². The second kappa shape index (κ2) is 10.6. The van der Waals surface area contributed by atoms with E-state index in [4.69, 9.17) is 5.73 Å². The number of rotatable bonds is 8. The minimum absolute atomic E-state index is 0.0294. The molecule has 35 heavy (non-hydrogen) atoms. The average molecular weight is 469 g/mol. The van der Waals surface area contributed by atoms with Crippen molar-refractivity contribution in [3.8, 4) is 11.1 Å². The molecule has 0 saturated carbocycles. The molecule has 1 heterocycles. The van der Waals surface area contributed by atoms with E-state index in [9.17, 15) is 9.59 Å². The third kappa shape index (κ3) is 5.73. The number of urea groups is 1. The zero-order chi connectivity index (χ0) is 24.8. The number of nitrogens with one attached hydrogen (secondary N) is 3. The van der Waals surface area contributed by atoms with Gasteiger partial charge in [-0.1, -0.05) is 74.5 Å². The SMILES string of the molecule is CC(C)[C@H](Nc1nc(CNC(=O)Nc2ccccc2-c2ccccc2)nc2ccccc12)C(N)=O. The molecule has 4 rings (SSSR count). The summed E-state index contributed by atoms with van der Waals surface area (Å²) in [5, 5.41) is 9.66. The number of nitrogens with two attached hydrogens (primary N) is 1. The fourth-order valence-electron chi connectivity index (χ4n) is 3.81. The van der Waals surface area contributed by atoms with E-state index in [0.717, 1.165) is 16.5 Å². The first-order chi connectivity index (χ1) is 16.9. The molecule has 0 aliphatic rings. The number of para-hydroxylation sites is 2. The van der Waals surface area contributed by atoms with E-state index < -0.39 is 11.9 Å². The van der Waals surface area contributed by atoms with Crippen molar-refractivity contribution < 1.29 is 9.59 Å². The summed E-state index contributed by atoms with van der Waals surface area (Å²) in [4.78, 5) is 33.8. The van der Waals surface area contributed by atoms with E-state index in [1.54, 1.807) is 0 Å². The highest BCUT2D eigenvalue weighted by atomic mass is 16.2. The maximum Gasteiger partial charge on any atom is 0.319 e. The number of amides is 3. The number of hydrogen-bond acceptors (Lipinski definition) is 5. The van der Waals surface area contributed by atoms with E-state index in [1.165, 1.54) is 0 Å². The van der Waals surface area contributed by atoms with Gasteiger partial charge in [-0.25, -0.2) is 14.8 Å². The Balaban J connectivity index is 1.52. The van der Waals surface area contributed by atoms with Crippen LogP contribution in [0.15, 0.2) is 78.9 Å². The molecule has 0 aliphatic carbocycles. The van der Waals surface area contributed by atoms with Crippen molar-refractivity contribution in [1.82, 2.24) is 15.3 Å². The summed E-state index contributed by atoms with van der Waals surface area (Å²) in [6.45, 7) is 3.92. The molecule has 4 aromatic rings. The molecule has 5 N–H and O–H groups in total. The van der Waals surface area contributed by atoms with Crippen molar-refractivity contribution in [3.05, 3.63) is 84.7 Å². The summed E-state index contributed by atoms with van der Waals surface area (Å²) in [6.07, 6.45) is 0. The quantitative estimate of drug-likeness (QED) is 0.302. The van der Waals surface area contributed by atoms with Gasteiger partial charge in [0.25, 0.3) is 0 Å². The maximum absolute atomic E-state index is 12.7. The summed E-state index contributed by atoms with van der Waals surface area (Å²) in [5.41, 5.74) is 8.90. The molecule has 3 amide bonds. The van der Waals surface area contributed by atoms with Gasteiger partial charge in [-0.2, -0.15) is 0 Å². The largest absolute Gasteiger partial charge is 0.368 e. The Hall–Kier alpha value is -4.46. The van der Waals surface area contributed by atoms with Gasteiger partial charge in [0.05, 0.1) is 17.7 Å². The van der Waals surface area contributed by atoms with Crippen LogP contribution >= 0.6 is 0 Å². The molecule has 8 heteroatoms. The maximum atomic E-state index is 12.7. The van der Waals surface area contributed by atoms with Gasteiger partial charge in [-0.15, -0.1) is 0 Å². The van der Waals surface area contributed by atoms with Gasteiger partial charge in [-0.05, 0) is 29.7 Å². The highest BCUT2D eigenvalue weighted by molar-refractivity contribution is 5.95. The monoisotopic (exact) mass is 468 g/mol. The number of nitrogens with zero attached hydrogens (tertiary/aromatic N) is 2. The topological polar surface area (TPSA) is 122 Å².